The first-order valence-corrected chi connectivity index (χ1v) is 5.57. The summed E-state index contributed by atoms with van der Waals surface area (Å²) in [5, 5.41) is 0. The molecule has 0 aliphatic heterocycles. The zero-order chi connectivity index (χ0) is 13.1. The van der Waals surface area contributed by atoms with Crippen molar-refractivity contribution in [2.24, 2.45) is 5.73 Å². The molecular weight excluding hydrogens is 230 g/mol. The fourth-order valence-corrected chi connectivity index (χ4v) is 1.66. The standard InChI is InChI=1S/C14H13NO3/c1-9(14(15)17)10-4-2-5-11(8-10)13(16)12-6-3-7-18-12/h2-9H,1H3,(H2,15,17). The van der Waals surface area contributed by atoms with Crippen molar-refractivity contribution in [2.75, 3.05) is 0 Å². The molecule has 1 amide bonds. The van der Waals surface area contributed by atoms with Crippen LogP contribution in [0.1, 0.15) is 34.5 Å². The van der Waals surface area contributed by atoms with Crippen molar-refractivity contribution in [2.45, 2.75) is 12.8 Å². The lowest BCUT2D eigenvalue weighted by Gasteiger charge is -2.08. The number of benzene rings is 1. The number of hydrogen-bond donors (Lipinski definition) is 1. The Morgan fingerprint density at radius 3 is 2.61 bits per heavy atom. The van der Waals surface area contributed by atoms with E-state index < -0.39 is 11.8 Å². The average molecular weight is 243 g/mol. The molecule has 2 N–H and O–H groups in total. The van der Waals surface area contributed by atoms with Crippen molar-refractivity contribution in [3.05, 3.63) is 59.5 Å². The third-order valence-electron chi connectivity index (χ3n) is 2.82. The summed E-state index contributed by atoms with van der Waals surface area (Å²) in [4.78, 5) is 23.2. The zero-order valence-corrected chi connectivity index (χ0v) is 9.92. The van der Waals surface area contributed by atoms with Crippen molar-refractivity contribution in [1.82, 2.24) is 0 Å². The molecule has 0 spiro atoms. The summed E-state index contributed by atoms with van der Waals surface area (Å²) in [6.45, 7) is 1.71. The summed E-state index contributed by atoms with van der Waals surface area (Å²) < 4.78 is 5.06. The Balaban J connectivity index is 2.33. The largest absolute Gasteiger partial charge is 0.461 e. The molecule has 1 aromatic heterocycles. The number of primary amides is 1. The van der Waals surface area contributed by atoms with Crippen molar-refractivity contribution in [3.8, 4) is 0 Å². The van der Waals surface area contributed by atoms with Crippen LogP contribution in [-0.2, 0) is 4.79 Å². The molecule has 0 aliphatic carbocycles. The molecule has 0 fully saturated rings. The molecule has 4 nitrogen and oxygen atoms in total. The van der Waals surface area contributed by atoms with Crippen molar-refractivity contribution >= 4 is 11.7 Å². The quantitative estimate of drug-likeness (QED) is 0.835. The third-order valence-corrected chi connectivity index (χ3v) is 2.82. The molecule has 0 bridgehead atoms. The molecule has 0 saturated carbocycles. The summed E-state index contributed by atoms with van der Waals surface area (Å²) in [6, 6.07) is 10.1. The van der Waals surface area contributed by atoms with E-state index in [1.807, 2.05) is 0 Å². The number of amides is 1. The zero-order valence-electron chi connectivity index (χ0n) is 9.92. The predicted octanol–water partition coefficient (Wildman–Crippen LogP) is 2.10. The Morgan fingerprint density at radius 2 is 2.00 bits per heavy atom. The first kappa shape index (κ1) is 12.1. The van der Waals surface area contributed by atoms with Crippen LogP contribution in [0.15, 0.2) is 47.1 Å². The smallest absolute Gasteiger partial charge is 0.228 e. The van der Waals surface area contributed by atoms with Crippen molar-refractivity contribution < 1.29 is 14.0 Å². The molecule has 0 radical (unpaired) electrons. The van der Waals surface area contributed by atoms with Gasteiger partial charge in [-0.3, -0.25) is 9.59 Å². The summed E-state index contributed by atoms with van der Waals surface area (Å²) >= 11 is 0. The third kappa shape index (κ3) is 2.32. The average Bonchev–Trinajstić information content (AvgIpc) is 2.91. The van der Waals surface area contributed by atoms with E-state index in [9.17, 15) is 9.59 Å². The highest BCUT2D eigenvalue weighted by Gasteiger charge is 2.16. The minimum atomic E-state index is -0.422. The molecule has 1 unspecified atom stereocenters. The van der Waals surface area contributed by atoms with Gasteiger partial charge in [0.25, 0.3) is 0 Å². The van der Waals surface area contributed by atoms with Crippen LogP contribution in [-0.4, -0.2) is 11.7 Å². The first-order valence-electron chi connectivity index (χ1n) is 5.57. The highest BCUT2D eigenvalue weighted by Crippen LogP contribution is 2.18. The van der Waals surface area contributed by atoms with E-state index in [0.29, 0.717) is 5.56 Å². The molecule has 2 rings (SSSR count). The lowest BCUT2D eigenvalue weighted by atomic mass is 9.97. The molecule has 1 aromatic carbocycles. The van der Waals surface area contributed by atoms with Gasteiger partial charge in [-0.1, -0.05) is 18.2 Å². The number of carbonyl (C=O) groups is 2. The van der Waals surface area contributed by atoms with Crippen LogP contribution in [0.5, 0.6) is 0 Å². The number of furan rings is 1. The van der Waals surface area contributed by atoms with Crippen molar-refractivity contribution in [3.63, 3.8) is 0 Å². The van der Waals surface area contributed by atoms with Crippen LogP contribution in [0.3, 0.4) is 0 Å². The van der Waals surface area contributed by atoms with Gasteiger partial charge in [-0.05, 0) is 30.7 Å². The summed E-state index contributed by atoms with van der Waals surface area (Å²) in [7, 11) is 0. The topological polar surface area (TPSA) is 73.3 Å². The fraction of sp³-hybridized carbons (Fsp3) is 0.143. The summed E-state index contributed by atoms with van der Waals surface area (Å²) in [5.74, 6) is -0.774. The van der Waals surface area contributed by atoms with E-state index in [4.69, 9.17) is 10.2 Å². The summed E-state index contributed by atoms with van der Waals surface area (Å²) in [5.41, 5.74) is 6.45. The van der Waals surface area contributed by atoms with E-state index in [0.717, 1.165) is 5.56 Å². The molecule has 4 heteroatoms. The molecular formula is C14H13NO3. The van der Waals surface area contributed by atoms with Crippen LogP contribution >= 0.6 is 0 Å². The van der Waals surface area contributed by atoms with E-state index in [-0.39, 0.29) is 11.5 Å². The number of hydrogen-bond acceptors (Lipinski definition) is 3. The van der Waals surface area contributed by atoms with Gasteiger partial charge in [0.1, 0.15) is 0 Å². The van der Waals surface area contributed by atoms with Gasteiger partial charge in [0.2, 0.25) is 11.7 Å². The lowest BCUT2D eigenvalue weighted by molar-refractivity contribution is -0.119. The van der Waals surface area contributed by atoms with E-state index in [2.05, 4.69) is 0 Å². The van der Waals surface area contributed by atoms with Gasteiger partial charge >= 0.3 is 0 Å². The second kappa shape index (κ2) is 4.87. The van der Waals surface area contributed by atoms with Gasteiger partial charge in [0, 0.05) is 5.56 Å². The summed E-state index contributed by atoms with van der Waals surface area (Å²) in [6.07, 6.45) is 1.45. The molecule has 92 valence electrons. The Labute approximate surface area is 104 Å². The first-order chi connectivity index (χ1) is 8.59. The van der Waals surface area contributed by atoms with Gasteiger partial charge in [-0.15, -0.1) is 0 Å². The van der Waals surface area contributed by atoms with E-state index in [1.165, 1.54) is 6.26 Å². The monoisotopic (exact) mass is 243 g/mol. The maximum absolute atomic E-state index is 12.0. The Hall–Kier alpha value is -2.36. The Bertz CT molecular complexity index is 572. The number of rotatable bonds is 4. The van der Waals surface area contributed by atoms with Gasteiger partial charge in [-0.2, -0.15) is 0 Å². The minimum Gasteiger partial charge on any atom is -0.461 e. The minimum absolute atomic E-state index is 0.210. The van der Waals surface area contributed by atoms with Crippen LogP contribution < -0.4 is 5.73 Å². The van der Waals surface area contributed by atoms with Crippen LogP contribution in [0.25, 0.3) is 0 Å². The molecule has 1 atom stereocenters. The highest BCUT2D eigenvalue weighted by atomic mass is 16.3. The lowest BCUT2D eigenvalue weighted by Crippen LogP contribution is -2.19. The highest BCUT2D eigenvalue weighted by molar-refractivity contribution is 6.07. The van der Waals surface area contributed by atoms with Gasteiger partial charge in [0.05, 0.1) is 12.2 Å². The van der Waals surface area contributed by atoms with Crippen LogP contribution in [0, 0.1) is 0 Å². The predicted molar refractivity (Wildman–Crippen MR) is 66.2 cm³/mol. The van der Waals surface area contributed by atoms with E-state index >= 15 is 0 Å². The number of nitrogens with two attached hydrogens (primary N) is 1. The normalized spacial score (nSPS) is 12.1. The Morgan fingerprint density at radius 1 is 1.22 bits per heavy atom. The molecule has 18 heavy (non-hydrogen) atoms. The van der Waals surface area contributed by atoms with Crippen LogP contribution in [0.2, 0.25) is 0 Å². The molecule has 2 aromatic rings. The van der Waals surface area contributed by atoms with Crippen molar-refractivity contribution in [1.29, 1.82) is 0 Å². The SMILES string of the molecule is CC(C(N)=O)c1cccc(C(=O)c2ccco2)c1. The molecule has 1 heterocycles. The Kier molecular flexibility index (Phi) is 3.28. The second-order valence-electron chi connectivity index (χ2n) is 4.06. The maximum Gasteiger partial charge on any atom is 0.228 e. The molecule has 0 saturated heterocycles. The van der Waals surface area contributed by atoms with Gasteiger partial charge < -0.3 is 10.2 Å². The number of carbonyl (C=O) groups excluding carboxylic acids is 2. The van der Waals surface area contributed by atoms with Gasteiger partial charge in [0.15, 0.2) is 5.76 Å². The molecule has 0 aliphatic rings. The van der Waals surface area contributed by atoms with Crippen LogP contribution in [0.4, 0.5) is 0 Å². The second-order valence-corrected chi connectivity index (χ2v) is 4.06. The van der Waals surface area contributed by atoms with Gasteiger partial charge in [-0.25, -0.2) is 0 Å². The van der Waals surface area contributed by atoms with E-state index in [1.54, 1.807) is 43.3 Å². The fourth-order valence-electron chi connectivity index (χ4n) is 1.66. The maximum atomic E-state index is 12.0. The number of ketones is 1.